The Morgan fingerprint density at radius 2 is 1.43 bits per heavy atom. The maximum atomic E-state index is 3.10. The third-order valence-electron chi connectivity index (χ3n) is 3.74. The van der Waals surface area contributed by atoms with Gasteiger partial charge in [0.1, 0.15) is 0 Å². The average molecular weight is 205 g/mol. The summed E-state index contributed by atoms with van der Waals surface area (Å²) < 4.78 is 0. The second kappa shape index (κ2) is 4.31. The largest absolute Gasteiger partial charge is 0.0886 e. The van der Waals surface area contributed by atoms with Crippen molar-refractivity contribution in [2.24, 2.45) is 0 Å². The van der Waals surface area contributed by atoms with E-state index in [-0.39, 0.29) is 0 Å². The first kappa shape index (κ1) is 11.5. The van der Waals surface area contributed by atoms with Gasteiger partial charge in [0, 0.05) is 0 Å². The van der Waals surface area contributed by atoms with E-state index in [2.05, 4.69) is 52.4 Å². The van der Waals surface area contributed by atoms with Crippen molar-refractivity contribution in [1.82, 2.24) is 0 Å². The summed E-state index contributed by atoms with van der Waals surface area (Å²) in [7, 11) is -1.30. The lowest BCUT2D eigenvalue weighted by atomic mass is 10.4. The van der Waals surface area contributed by atoms with Gasteiger partial charge in [0.25, 0.3) is 0 Å². The zero-order valence-electron chi connectivity index (χ0n) is 9.96. The maximum Gasteiger partial charge on any atom is 0.0886 e. The summed E-state index contributed by atoms with van der Waals surface area (Å²) in [5.41, 5.74) is 1.59. The van der Waals surface area contributed by atoms with Crippen LogP contribution in [0.15, 0.2) is 24.3 Å². The zero-order chi connectivity index (χ0) is 10.8. The molecule has 14 heavy (non-hydrogen) atoms. The smallest absolute Gasteiger partial charge is 0.0649 e. The topological polar surface area (TPSA) is 0 Å². The Hall–Kier alpha value is -0.563. The summed E-state index contributed by atoms with van der Waals surface area (Å²) in [5.74, 6) is 0. The van der Waals surface area contributed by atoms with E-state index in [4.69, 9.17) is 0 Å². The molecule has 0 heterocycles. The Balaban J connectivity index is 3.13. The monoisotopic (exact) mass is 205 g/mol. The summed E-state index contributed by atoms with van der Waals surface area (Å²) in [5, 5.41) is 1.57. The van der Waals surface area contributed by atoms with Crippen molar-refractivity contribution in [2.45, 2.75) is 45.3 Å². The summed E-state index contributed by atoms with van der Waals surface area (Å²) >= 11 is 0. The van der Waals surface area contributed by atoms with Crippen LogP contribution in [-0.2, 0) is 0 Å². The van der Waals surface area contributed by atoms with Crippen LogP contribution < -0.4 is 5.19 Å². The quantitative estimate of drug-likeness (QED) is 0.662. The van der Waals surface area contributed by atoms with Crippen LogP contribution in [0.1, 0.15) is 27.7 Å². The van der Waals surface area contributed by atoms with Crippen LogP contribution in [0.25, 0.3) is 0 Å². The van der Waals surface area contributed by atoms with Crippen molar-refractivity contribution >= 4 is 13.3 Å². The first-order chi connectivity index (χ1) is 6.49. The second-order valence-corrected chi connectivity index (χ2v) is 10.3. The van der Waals surface area contributed by atoms with E-state index >= 15 is 0 Å². The lowest BCUT2D eigenvalue weighted by molar-refractivity contribution is 0.917. The number of hydrogen-bond acceptors (Lipinski definition) is 0. The molecule has 1 heteroatoms. The highest BCUT2D eigenvalue weighted by Gasteiger charge is 2.35. The summed E-state index contributed by atoms with van der Waals surface area (Å²) in [6.45, 7) is 12.0. The fraction of sp³-hybridized carbons (Fsp3) is 0.538. The molecule has 77 valence electrons. The fourth-order valence-electron chi connectivity index (χ4n) is 2.08. The van der Waals surface area contributed by atoms with Crippen LogP contribution in [0.2, 0.25) is 17.6 Å². The molecular weight excluding hydrogens is 184 g/mol. The van der Waals surface area contributed by atoms with Crippen LogP contribution in [0.5, 0.6) is 0 Å². The van der Waals surface area contributed by atoms with E-state index in [1.54, 1.807) is 5.19 Å². The molecule has 0 fully saturated rings. The first-order valence-corrected chi connectivity index (χ1v) is 8.11. The standard InChI is InChI=1S/C13H21Si/c1-11(2)14(5,12(3)4)13-9-7-6-8-10-13/h7-12H,1-5H3. The molecule has 1 aromatic rings. The molecule has 0 aliphatic carbocycles. The molecule has 0 spiro atoms. The molecule has 0 N–H and O–H groups in total. The van der Waals surface area contributed by atoms with Gasteiger partial charge < -0.3 is 0 Å². The Bertz CT molecular complexity index is 267. The van der Waals surface area contributed by atoms with E-state index in [9.17, 15) is 0 Å². The van der Waals surface area contributed by atoms with E-state index < -0.39 is 8.07 Å². The molecule has 0 aromatic heterocycles. The highest BCUT2D eigenvalue weighted by molar-refractivity contribution is 6.92. The van der Waals surface area contributed by atoms with Crippen LogP contribution in [0, 0.1) is 6.07 Å². The maximum absolute atomic E-state index is 3.10. The van der Waals surface area contributed by atoms with E-state index in [1.807, 2.05) is 12.1 Å². The molecule has 0 amide bonds. The van der Waals surface area contributed by atoms with Gasteiger partial charge in [-0.25, -0.2) is 0 Å². The molecule has 0 nitrogen and oxygen atoms in total. The lowest BCUT2D eigenvalue weighted by Gasteiger charge is -2.36. The molecule has 0 unspecified atom stereocenters. The van der Waals surface area contributed by atoms with Gasteiger partial charge in [-0.15, -0.1) is 0 Å². The van der Waals surface area contributed by atoms with E-state index in [0.717, 1.165) is 11.1 Å². The Labute approximate surface area is 89.4 Å². The second-order valence-electron chi connectivity index (χ2n) is 4.88. The third-order valence-corrected chi connectivity index (χ3v) is 10.1. The van der Waals surface area contributed by atoms with Gasteiger partial charge in [-0.2, -0.15) is 0 Å². The lowest BCUT2D eigenvalue weighted by Crippen LogP contribution is -2.50. The molecule has 0 aliphatic heterocycles. The van der Waals surface area contributed by atoms with Crippen molar-refractivity contribution in [3.8, 4) is 0 Å². The minimum Gasteiger partial charge on any atom is -0.0649 e. The highest BCUT2D eigenvalue weighted by Crippen LogP contribution is 2.31. The normalized spacial score (nSPS) is 12.5. The van der Waals surface area contributed by atoms with Crippen LogP contribution in [0.4, 0.5) is 0 Å². The number of hydrogen-bond donors (Lipinski definition) is 0. The molecule has 0 atom stereocenters. The predicted molar refractivity (Wildman–Crippen MR) is 66.7 cm³/mol. The van der Waals surface area contributed by atoms with E-state index in [1.165, 1.54) is 0 Å². The number of rotatable bonds is 3. The van der Waals surface area contributed by atoms with Gasteiger partial charge in [0.2, 0.25) is 0 Å². The molecule has 0 saturated carbocycles. The molecule has 0 aliphatic rings. The molecule has 1 radical (unpaired) electrons. The first-order valence-electron chi connectivity index (χ1n) is 5.46. The van der Waals surface area contributed by atoms with Gasteiger partial charge in [-0.05, 0) is 17.1 Å². The minimum absolute atomic E-state index is 0.796. The highest BCUT2D eigenvalue weighted by atomic mass is 28.3. The van der Waals surface area contributed by atoms with Gasteiger partial charge >= 0.3 is 0 Å². The zero-order valence-corrected chi connectivity index (χ0v) is 11.0. The number of benzene rings is 1. The van der Waals surface area contributed by atoms with Crippen molar-refractivity contribution in [3.63, 3.8) is 0 Å². The van der Waals surface area contributed by atoms with Gasteiger partial charge in [-0.3, -0.25) is 0 Å². The summed E-state index contributed by atoms with van der Waals surface area (Å²) in [6.07, 6.45) is 0. The summed E-state index contributed by atoms with van der Waals surface area (Å²) in [4.78, 5) is 0. The average Bonchev–Trinajstić information content (AvgIpc) is 2.17. The molecule has 0 bridgehead atoms. The predicted octanol–water partition coefficient (Wildman–Crippen LogP) is 3.59. The fourth-order valence-corrected chi connectivity index (χ4v) is 5.63. The molecule has 0 saturated heterocycles. The molecule has 1 aromatic carbocycles. The van der Waals surface area contributed by atoms with Crippen molar-refractivity contribution in [3.05, 3.63) is 30.3 Å². The molecular formula is C13H21Si. The van der Waals surface area contributed by atoms with Crippen molar-refractivity contribution < 1.29 is 0 Å². The van der Waals surface area contributed by atoms with Crippen LogP contribution >= 0.6 is 0 Å². The molecule has 1 rings (SSSR count). The van der Waals surface area contributed by atoms with Crippen molar-refractivity contribution in [1.29, 1.82) is 0 Å². The Morgan fingerprint density at radius 1 is 1.00 bits per heavy atom. The van der Waals surface area contributed by atoms with Gasteiger partial charge in [0.05, 0.1) is 8.07 Å². The van der Waals surface area contributed by atoms with Crippen LogP contribution in [-0.4, -0.2) is 8.07 Å². The van der Waals surface area contributed by atoms with Crippen molar-refractivity contribution in [2.75, 3.05) is 0 Å². The van der Waals surface area contributed by atoms with Crippen LogP contribution in [0.3, 0.4) is 0 Å². The summed E-state index contributed by atoms with van der Waals surface area (Å²) in [6, 6.07) is 11.7. The Morgan fingerprint density at radius 3 is 1.79 bits per heavy atom. The SMILES string of the molecule is CC(C)[Si](C)(c1cc[c]cc1)C(C)C. The Kier molecular flexibility index (Phi) is 3.54. The van der Waals surface area contributed by atoms with Gasteiger partial charge in [-0.1, -0.05) is 63.7 Å². The minimum atomic E-state index is -1.30. The van der Waals surface area contributed by atoms with Gasteiger partial charge in [0.15, 0.2) is 0 Å². The van der Waals surface area contributed by atoms with E-state index in [0.29, 0.717) is 0 Å². The third kappa shape index (κ3) is 1.93.